The Morgan fingerprint density at radius 3 is 2.70 bits per heavy atom. The quantitative estimate of drug-likeness (QED) is 0.728. The number of ether oxygens (including phenoxy) is 1. The first-order valence-electron chi connectivity index (χ1n) is 9.63. The number of nitrogens with zero attached hydrogens (tertiary/aromatic N) is 2. The van der Waals surface area contributed by atoms with Crippen molar-refractivity contribution in [2.45, 2.75) is 23.8 Å². The van der Waals surface area contributed by atoms with Crippen molar-refractivity contribution in [3.8, 4) is 5.75 Å². The summed E-state index contributed by atoms with van der Waals surface area (Å²) in [4.78, 5) is 16.9. The lowest BCUT2D eigenvalue weighted by Gasteiger charge is -2.36. The van der Waals surface area contributed by atoms with E-state index in [4.69, 9.17) is 16.3 Å². The Morgan fingerprint density at radius 2 is 2.00 bits per heavy atom. The van der Waals surface area contributed by atoms with E-state index in [2.05, 4.69) is 9.62 Å². The monoisotopic (exact) mass is 451 g/mol. The van der Waals surface area contributed by atoms with E-state index in [-0.39, 0.29) is 16.5 Å². The van der Waals surface area contributed by atoms with Crippen LogP contribution < -0.4 is 9.46 Å². The number of amides is 1. The van der Waals surface area contributed by atoms with Gasteiger partial charge in [0.05, 0.1) is 17.7 Å². The van der Waals surface area contributed by atoms with Crippen molar-refractivity contribution in [3.63, 3.8) is 0 Å². The summed E-state index contributed by atoms with van der Waals surface area (Å²) >= 11 is 5.99. The molecule has 1 saturated heterocycles. The molecular formula is C21H26ClN3O4S. The van der Waals surface area contributed by atoms with Gasteiger partial charge in [-0.3, -0.25) is 9.52 Å². The summed E-state index contributed by atoms with van der Waals surface area (Å²) in [7, 11) is 1.51. The van der Waals surface area contributed by atoms with Crippen LogP contribution in [0.25, 0.3) is 0 Å². The van der Waals surface area contributed by atoms with Crippen LogP contribution in [0.2, 0.25) is 5.02 Å². The number of hydrogen-bond acceptors (Lipinski definition) is 5. The van der Waals surface area contributed by atoms with Gasteiger partial charge in [-0.25, -0.2) is 8.42 Å². The van der Waals surface area contributed by atoms with Crippen molar-refractivity contribution in [1.29, 1.82) is 0 Å². The lowest BCUT2D eigenvalue weighted by molar-refractivity contribution is 0.0635. The molecule has 0 aromatic heterocycles. The van der Waals surface area contributed by atoms with Crippen LogP contribution in [0.15, 0.2) is 47.4 Å². The van der Waals surface area contributed by atoms with Gasteiger partial charge in [0.1, 0.15) is 5.75 Å². The molecule has 30 heavy (non-hydrogen) atoms. The minimum Gasteiger partial charge on any atom is -0.495 e. The van der Waals surface area contributed by atoms with E-state index < -0.39 is 10.0 Å². The maximum absolute atomic E-state index is 13.0. The first-order chi connectivity index (χ1) is 14.2. The number of sulfonamides is 1. The molecule has 1 aliphatic heterocycles. The van der Waals surface area contributed by atoms with Crippen molar-refractivity contribution in [2.24, 2.45) is 0 Å². The number of carbonyl (C=O) groups excluding carboxylic acids is 1. The van der Waals surface area contributed by atoms with E-state index in [1.54, 1.807) is 29.2 Å². The first kappa shape index (κ1) is 22.4. The number of rotatable bonds is 6. The number of carbonyl (C=O) groups is 1. The van der Waals surface area contributed by atoms with Crippen LogP contribution in [-0.2, 0) is 10.0 Å². The fourth-order valence-corrected chi connectivity index (χ4v) is 4.78. The second-order valence-corrected chi connectivity index (χ2v) is 9.61. The zero-order valence-electron chi connectivity index (χ0n) is 17.3. The van der Waals surface area contributed by atoms with Crippen molar-refractivity contribution in [2.75, 3.05) is 39.0 Å². The summed E-state index contributed by atoms with van der Waals surface area (Å²) in [6, 6.07) is 11.0. The predicted molar refractivity (Wildman–Crippen MR) is 118 cm³/mol. The summed E-state index contributed by atoms with van der Waals surface area (Å²) in [5.41, 5.74) is 0.571. The zero-order valence-corrected chi connectivity index (χ0v) is 18.8. The molecule has 0 aliphatic carbocycles. The molecule has 9 heteroatoms. The third kappa shape index (κ3) is 5.06. The molecular weight excluding hydrogens is 426 g/mol. The second-order valence-electron chi connectivity index (χ2n) is 7.49. The van der Waals surface area contributed by atoms with Gasteiger partial charge in [-0.05, 0) is 63.3 Å². The molecule has 7 nitrogen and oxygen atoms in total. The van der Waals surface area contributed by atoms with Crippen molar-refractivity contribution >= 4 is 33.2 Å². The molecule has 3 rings (SSSR count). The number of nitrogens with one attached hydrogen (secondary N) is 1. The Morgan fingerprint density at radius 1 is 1.23 bits per heavy atom. The van der Waals surface area contributed by atoms with Crippen molar-refractivity contribution in [3.05, 3.63) is 53.1 Å². The van der Waals surface area contributed by atoms with Crippen molar-refractivity contribution < 1.29 is 17.9 Å². The highest BCUT2D eigenvalue weighted by molar-refractivity contribution is 7.92. The lowest BCUT2D eigenvalue weighted by Crippen LogP contribution is -2.47. The van der Waals surface area contributed by atoms with Gasteiger partial charge < -0.3 is 14.5 Å². The van der Waals surface area contributed by atoms with Gasteiger partial charge in [0, 0.05) is 29.7 Å². The van der Waals surface area contributed by atoms with Gasteiger partial charge in [-0.15, -0.1) is 0 Å². The zero-order chi connectivity index (χ0) is 21.9. The second kappa shape index (κ2) is 9.24. The molecule has 1 heterocycles. The van der Waals surface area contributed by atoms with E-state index in [0.717, 1.165) is 12.8 Å². The minimum absolute atomic E-state index is 0.00320. The molecule has 1 fully saturated rings. The molecule has 0 bridgehead atoms. The lowest BCUT2D eigenvalue weighted by atomic mass is 10.0. The van der Waals surface area contributed by atoms with Gasteiger partial charge in [-0.2, -0.15) is 0 Å². The molecule has 1 atom stereocenters. The third-order valence-electron chi connectivity index (χ3n) is 5.21. The fraction of sp³-hybridized carbons (Fsp3) is 0.381. The minimum atomic E-state index is -3.94. The SMILES string of the molecule is COc1ccc(Cl)cc1NS(=O)(=O)c1cccc(C(=O)N2CCCC(N(C)C)C2)c1. The number of benzene rings is 2. The fourth-order valence-electron chi connectivity index (χ4n) is 3.50. The van der Waals surface area contributed by atoms with E-state index in [1.807, 2.05) is 14.1 Å². The summed E-state index contributed by atoms with van der Waals surface area (Å²) in [5, 5.41) is 0.373. The number of halogens is 1. The van der Waals surface area contributed by atoms with Gasteiger partial charge in [0.2, 0.25) is 0 Å². The van der Waals surface area contributed by atoms with Crippen LogP contribution in [-0.4, -0.2) is 64.5 Å². The Bertz CT molecular complexity index is 1030. The smallest absolute Gasteiger partial charge is 0.262 e. The van der Waals surface area contributed by atoms with E-state index >= 15 is 0 Å². The highest BCUT2D eigenvalue weighted by atomic mass is 35.5. The van der Waals surface area contributed by atoms with Gasteiger partial charge in [0.15, 0.2) is 0 Å². The number of methoxy groups -OCH3 is 1. The van der Waals surface area contributed by atoms with Crippen LogP contribution in [0.1, 0.15) is 23.2 Å². The van der Waals surface area contributed by atoms with Crippen LogP contribution in [0, 0.1) is 0 Å². The Hall–Kier alpha value is -2.29. The number of piperidine rings is 1. The Balaban J connectivity index is 1.84. The summed E-state index contributed by atoms with van der Waals surface area (Å²) < 4.78 is 33.6. The number of anilines is 1. The van der Waals surface area contributed by atoms with Gasteiger partial charge >= 0.3 is 0 Å². The molecule has 1 unspecified atom stereocenters. The first-order valence-corrected chi connectivity index (χ1v) is 11.5. The highest BCUT2D eigenvalue weighted by Crippen LogP contribution is 2.30. The largest absolute Gasteiger partial charge is 0.495 e. The van der Waals surface area contributed by atoms with Crippen LogP contribution in [0.5, 0.6) is 5.75 Å². The van der Waals surface area contributed by atoms with E-state index in [1.165, 1.54) is 25.3 Å². The average molecular weight is 452 g/mol. The molecule has 162 valence electrons. The highest BCUT2D eigenvalue weighted by Gasteiger charge is 2.26. The number of likely N-dealkylation sites (N-methyl/N-ethyl adjacent to an activating group) is 1. The Kier molecular flexibility index (Phi) is 6.90. The average Bonchev–Trinajstić information content (AvgIpc) is 2.73. The maximum atomic E-state index is 13.0. The molecule has 0 radical (unpaired) electrons. The molecule has 1 aliphatic rings. The summed E-state index contributed by atoms with van der Waals surface area (Å²) in [6.07, 6.45) is 1.96. The van der Waals surface area contributed by atoms with Crippen LogP contribution >= 0.6 is 11.6 Å². The van der Waals surface area contributed by atoms with Crippen LogP contribution in [0.4, 0.5) is 5.69 Å². The molecule has 1 amide bonds. The molecule has 2 aromatic rings. The van der Waals surface area contributed by atoms with E-state index in [0.29, 0.717) is 35.5 Å². The van der Waals surface area contributed by atoms with Crippen LogP contribution in [0.3, 0.4) is 0 Å². The molecule has 0 saturated carbocycles. The molecule has 1 N–H and O–H groups in total. The third-order valence-corrected chi connectivity index (χ3v) is 6.81. The summed E-state index contributed by atoms with van der Waals surface area (Å²) in [5.74, 6) is 0.178. The number of likely N-dealkylation sites (tertiary alicyclic amines) is 1. The molecule has 0 spiro atoms. The van der Waals surface area contributed by atoms with E-state index in [9.17, 15) is 13.2 Å². The predicted octanol–water partition coefficient (Wildman–Crippen LogP) is 3.32. The topological polar surface area (TPSA) is 78.9 Å². The van der Waals surface area contributed by atoms with Gasteiger partial charge in [-0.1, -0.05) is 17.7 Å². The van der Waals surface area contributed by atoms with Crippen molar-refractivity contribution in [1.82, 2.24) is 9.80 Å². The maximum Gasteiger partial charge on any atom is 0.262 e. The molecule has 2 aromatic carbocycles. The normalized spacial score (nSPS) is 17.1. The Labute approximate surface area is 182 Å². The summed E-state index contributed by atoms with van der Waals surface area (Å²) in [6.45, 7) is 1.29. The standard InChI is InChI=1S/C21H26ClN3O4S/c1-24(2)17-7-5-11-25(14-17)21(26)15-6-4-8-18(12-15)30(27,28)23-19-13-16(22)9-10-20(19)29-3/h4,6,8-10,12-13,17,23H,5,7,11,14H2,1-3H3. The number of hydrogen-bond donors (Lipinski definition) is 1. The van der Waals surface area contributed by atoms with Gasteiger partial charge in [0.25, 0.3) is 15.9 Å².